The number of benzene rings is 1. The third-order valence-corrected chi connectivity index (χ3v) is 5.84. The summed E-state index contributed by atoms with van der Waals surface area (Å²) in [7, 11) is 0. The van der Waals surface area contributed by atoms with Crippen molar-refractivity contribution in [3.63, 3.8) is 0 Å². The number of pyridine rings is 1. The van der Waals surface area contributed by atoms with Gasteiger partial charge in [-0.2, -0.15) is 5.26 Å². The number of anilines is 3. The number of nitrogens with one attached hydrogen (secondary N) is 1. The van der Waals surface area contributed by atoms with Crippen LogP contribution in [0.5, 0.6) is 0 Å². The molecule has 0 unspecified atom stereocenters. The van der Waals surface area contributed by atoms with E-state index in [9.17, 15) is 5.26 Å². The normalized spacial score (nSPS) is 17.6. The van der Waals surface area contributed by atoms with Crippen LogP contribution in [0.25, 0.3) is 0 Å². The lowest BCUT2D eigenvalue weighted by Gasteiger charge is -2.37. The van der Waals surface area contributed by atoms with Crippen molar-refractivity contribution >= 4 is 28.9 Å². The van der Waals surface area contributed by atoms with Gasteiger partial charge in [-0.15, -0.1) is 0 Å². The third-order valence-electron chi connectivity index (χ3n) is 5.60. The van der Waals surface area contributed by atoms with E-state index in [0.717, 1.165) is 82.1 Å². The number of aromatic nitrogens is 1. The molecule has 2 fully saturated rings. The van der Waals surface area contributed by atoms with E-state index in [1.807, 2.05) is 30.3 Å². The largest absolute Gasteiger partial charge is 0.379 e. The van der Waals surface area contributed by atoms with Gasteiger partial charge in [0.05, 0.1) is 18.8 Å². The highest BCUT2D eigenvalue weighted by Crippen LogP contribution is 2.24. The topological polar surface area (TPSA) is 67.7 Å². The van der Waals surface area contributed by atoms with Gasteiger partial charge in [-0.1, -0.05) is 17.7 Å². The maximum Gasteiger partial charge on any atom is 0.146 e. The zero-order valence-electron chi connectivity index (χ0n) is 17.1. The average Bonchev–Trinajstić information content (AvgIpc) is 2.80. The van der Waals surface area contributed by atoms with Crippen molar-refractivity contribution < 1.29 is 4.74 Å². The minimum atomic E-state index is 0.582. The van der Waals surface area contributed by atoms with Crippen LogP contribution in [-0.4, -0.2) is 75.5 Å². The van der Waals surface area contributed by atoms with Crippen molar-refractivity contribution in [2.45, 2.75) is 0 Å². The molecule has 4 rings (SSSR count). The molecule has 1 aromatic heterocycles. The number of hydrogen-bond donors (Lipinski definition) is 1. The second-order valence-electron chi connectivity index (χ2n) is 7.51. The number of rotatable bonds is 6. The van der Waals surface area contributed by atoms with E-state index in [0.29, 0.717) is 11.4 Å². The van der Waals surface area contributed by atoms with E-state index in [4.69, 9.17) is 21.3 Å². The fourth-order valence-electron chi connectivity index (χ4n) is 3.87. The predicted octanol–water partition coefficient (Wildman–Crippen LogP) is 2.68. The number of morpholine rings is 1. The Morgan fingerprint density at radius 1 is 1.03 bits per heavy atom. The molecule has 0 saturated carbocycles. The summed E-state index contributed by atoms with van der Waals surface area (Å²) in [6.07, 6.45) is 0. The Hall–Kier alpha value is -2.53. The van der Waals surface area contributed by atoms with Gasteiger partial charge in [-0.25, -0.2) is 4.98 Å². The van der Waals surface area contributed by atoms with Crippen molar-refractivity contribution in [2.75, 3.05) is 80.7 Å². The first kappa shape index (κ1) is 20.7. The predicted molar refractivity (Wildman–Crippen MR) is 121 cm³/mol. The number of ether oxygens (including phenoxy) is 1. The SMILES string of the molecule is N#Cc1ccc(N2CCN(c3cccc(Cl)c3)CC2)nc1NCCN1CCOCC1. The van der Waals surface area contributed by atoms with Gasteiger partial charge >= 0.3 is 0 Å². The molecular formula is C22H27ClN6O. The Morgan fingerprint density at radius 2 is 1.80 bits per heavy atom. The van der Waals surface area contributed by atoms with Crippen LogP contribution < -0.4 is 15.1 Å². The molecule has 7 nitrogen and oxygen atoms in total. The molecule has 2 aliphatic heterocycles. The van der Waals surface area contributed by atoms with E-state index in [2.05, 4.69) is 32.2 Å². The van der Waals surface area contributed by atoms with E-state index in [-0.39, 0.29) is 0 Å². The first-order valence-corrected chi connectivity index (χ1v) is 10.8. The van der Waals surface area contributed by atoms with Gasteiger partial charge in [0.2, 0.25) is 0 Å². The summed E-state index contributed by atoms with van der Waals surface area (Å²) in [4.78, 5) is 11.7. The molecule has 0 spiro atoms. The van der Waals surface area contributed by atoms with Gasteiger partial charge in [-0.3, -0.25) is 4.90 Å². The molecule has 2 aromatic rings. The number of halogens is 1. The molecule has 0 aliphatic carbocycles. The lowest BCUT2D eigenvalue weighted by atomic mass is 10.2. The van der Waals surface area contributed by atoms with Crippen LogP contribution in [0.3, 0.4) is 0 Å². The standard InChI is InChI=1S/C22H27ClN6O/c23-19-2-1-3-20(16-19)28-8-10-29(11-9-28)21-5-4-18(17-24)22(26-21)25-6-7-27-12-14-30-15-13-27/h1-5,16H,6-15H2,(H,25,26). The quantitative estimate of drug-likeness (QED) is 0.761. The van der Waals surface area contributed by atoms with E-state index in [1.165, 1.54) is 0 Å². The van der Waals surface area contributed by atoms with Crippen LogP contribution >= 0.6 is 11.6 Å². The summed E-state index contributed by atoms with van der Waals surface area (Å²) in [6.45, 7) is 8.72. The highest BCUT2D eigenvalue weighted by molar-refractivity contribution is 6.30. The van der Waals surface area contributed by atoms with E-state index >= 15 is 0 Å². The van der Waals surface area contributed by atoms with Crippen LogP contribution in [-0.2, 0) is 4.74 Å². The Balaban J connectivity index is 1.36. The zero-order chi connectivity index (χ0) is 20.8. The summed E-state index contributed by atoms with van der Waals surface area (Å²) < 4.78 is 5.39. The molecule has 0 bridgehead atoms. The Bertz CT molecular complexity index is 887. The Labute approximate surface area is 182 Å². The van der Waals surface area contributed by atoms with Crippen LogP contribution in [0, 0.1) is 11.3 Å². The lowest BCUT2D eigenvalue weighted by Crippen LogP contribution is -2.46. The zero-order valence-corrected chi connectivity index (χ0v) is 17.8. The fraction of sp³-hybridized carbons (Fsp3) is 0.455. The van der Waals surface area contributed by atoms with Gasteiger partial charge in [0.15, 0.2) is 0 Å². The molecule has 0 amide bonds. The highest BCUT2D eigenvalue weighted by atomic mass is 35.5. The minimum absolute atomic E-state index is 0.582. The van der Waals surface area contributed by atoms with Crippen molar-refractivity contribution in [1.82, 2.24) is 9.88 Å². The second-order valence-corrected chi connectivity index (χ2v) is 7.95. The van der Waals surface area contributed by atoms with Gasteiger partial charge in [-0.05, 0) is 30.3 Å². The molecule has 158 valence electrons. The summed E-state index contributed by atoms with van der Waals surface area (Å²) in [6, 6.07) is 14.0. The van der Waals surface area contributed by atoms with Gasteiger partial charge in [0, 0.05) is 63.1 Å². The van der Waals surface area contributed by atoms with Crippen molar-refractivity contribution in [3.05, 3.63) is 47.0 Å². The maximum absolute atomic E-state index is 9.46. The summed E-state index contributed by atoms with van der Waals surface area (Å²) in [5.74, 6) is 1.58. The molecule has 8 heteroatoms. The Kier molecular flexibility index (Phi) is 6.90. The summed E-state index contributed by atoms with van der Waals surface area (Å²) in [5.41, 5.74) is 1.73. The molecule has 0 atom stereocenters. The summed E-state index contributed by atoms with van der Waals surface area (Å²) >= 11 is 6.14. The van der Waals surface area contributed by atoms with Crippen LogP contribution in [0.2, 0.25) is 5.02 Å². The Morgan fingerprint density at radius 3 is 2.53 bits per heavy atom. The lowest BCUT2D eigenvalue weighted by molar-refractivity contribution is 0.0398. The van der Waals surface area contributed by atoms with E-state index < -0.39 is 0 Å². The van der Waals surface area contributed by atoms with Gasteiger partial charge in [0.25, 0.3) is 0 Å². The molecule has 2 saturated heterocycles. The number of nitriles is 1. The highest BCUT2D eigenvalue weighted by Gasteiger charge is 2.20. The minimum Gasteiger partial charge on any atom is -0.379 e. The molecular weight excluding hydrogens is 400 g/mol. The second kappa shape index (κ2) is 9.98. The van der Waals surface area contributed by atoms with Gasteiger partial charge < -0.3 is 19.9 Å². The monoisotopic (exact) mass is 426 g/mol. The molecule has 2 aliphatic rings. The third kappa shape index (κ3) is 5.14. The maximum atomic E-state index is 9.46. The number of piperazine rings is 1. The average molecular weight is 427 g/mol. The van der Waals surface area contributed by atoms with Crippen LogP contribution in [0.4, 0.5) is 17.3 Å². The van der Waals surface area contributed by atoms with Gasteiger partial charge in [0.1, 0.15) is 17.7 Å². The molecule has 30 heavy (non-hydrogen) atoms. The summed E-state index contributed by atoms with van der Waals surface area (Å²) in [5, 5.41) is 13.6. The first-order chi connectivity index (χ1) is 14.7. The van der Waals surface area contributed by atoms with Crippen LogP contribution in [0.15, 0.2) is 36.4 Å². The molecule has 1 N–H and O–H groups in total. The van der Waals surface area contributed by atoms with Crippen LogP contribution in [0.1, 0.15) is 5.56 Å². The molecule has 1 aromatic carbocycles. The smallest absolute Gasteiger partial charge is 0.146 e. The number of hydrogen-bond acceptors (Lipinski definition) is 7. The molecule has 3 heterocycles. The first-order valence-electron chi connectivity index (χ1n) is 10.4. The van der Waals surface area contributed by atoms with Crippen molar-refractivity contribution in [2.24, 2.45) is 0 Å². The number of nitrogens with zero attached hydrogens (tertiary/aromatic N) is 5. The molecule has 0 radical (unpaired) electrons. The fourth-order valence-corrected chi connectivity index (χ4v) is 4.06. The van der Waals surface area contributed by atoms with E-state index in [1.54, 1.807) is 0 Å². The van der Waals surface area contributed by atoms with Crippen molar-refractivity contribution in [3.8, 4) is 6.07 Å². The van der Waals surface area contributed by atoms with Crippen molar-refractivity contribution in [1.29, 1.82) is 5.26 Å².